The zero-order chi connectivity index (χ0) is 15.0. The van der Waals surface area contributed by atoms with Gasteiger partial charge in [-0.2, -0.15) is 0 Å². The van der Waals surface area contributed by atoms with Crippen LogP contribution in [0.2, 0.25) is 0 Å². The molecule has 0 saturated heterocycles. The van der Waals surface area contributed by atoms with Gasteiger partial charge in [0.25, 0.3) is 0 Å². The number of aryl methyl sites for hydroxylation is 1. The molecule has 0 aliphatic rings. The fraction of sp³-hybridized carbons (Fsp3) is 0.294. The van der Waals surface area contributed by atoms with Gasteiger partial charge in [0.15, 0.2) is 9.84 Å². The van der Waals surface area contributed by atoms with E-state index in [9.17, 15) is 8.42 Å². The molecular formula is C17H22O2S. The number of hydrogen-bond donors (Lipinski definition) is 0. The second-order valence-electron chi connectivity index (χ2n) is 4.19. The molecule has 2 rings (SSSR count). The van der Waals surface area contributed by atoms with Gasteiger partial charge in [-0.05, 0) is 29.7 Å². The van der Waals surface area contributed by atoms with Crippen molar-refractivity contribution < 1.29 is 8.42 Å². The summed E-state index contributed by atoms with van der Waals surface area (Å²) in [5, 5.41) is 0. The topological polar surface area (TPSA) is 34.1 Å². The molecule has 0 unspecified atom stereocenters. The first-order valence-corrected chi connectivity index (χ1v) is 8.63. The highest BCUT2D eigenvalue weighted by Crippen LogP contribution is 2.19. The van der Waals surface area contributed by atoms with E-state index in [1.54, 1.807) is 24.3 Å². The van der Waals surface area contributed by atoms with Crippen molar-refractivity contribution in [3.63, 3.8) is 0 Å². The SMILES string of the molecule is CC.CCc1ccccc1CS(=O)(=O)c1ccccc1. The Kier molecular flexibility index (Phi) is 6.46. The molecule has 0 spiro atoms. The molecule has 2 aromatic rings. The van der Waals surface area contributed by atoms with Gasteiger partial charge in [0, 0.05) is 0 Å². The fourth-order valence-corrected chi connectivity index (χ4v) is 3.39. The Morgan fingerprint density at radius 1 is 0.800 bits per heavy atom. The van der Waals surface area contributed by atoms with Gasteiger partial charge in [0.1, 0.15) is 0 Å². The van der Waals surface area contributed by atoms with Crippen LogP contribution in [0.1, 0.15) is 31.9 Å². The lowest BCUT2D eigenvalue weighted by atomic mass is 10.1. The Hall–Kier alpha value is -1.61. The van der Waals surface area contributed by atoms with Gasteiger partial charge in [-0.3, -0.25) is 0 Å². The van der Waals surface area contributed by atoms with E-state index in [0.29, 0.717) is 4.90 Å². The minimum atomic E-state index is -3.25. The molecule has 0 heterocycles. The quantitative estimate of drug-likeness (QED) is 0.843. The highest BCUT2D eigenvalue weighted by Gasteiger charge is 2.16. The summed E-state index contributed by atoms with van der Waals surface area (Å²) in [7, 11) is -3.25. The van der Waals surface area contributed by atoms with Crippen molar-refractivity contribution in [3.05, 3.63) is 65.7 Å². The molecule has 0 bridgehead atoms. The van der Waals surface area contributed by atoms with E-state index in [-0.39, 0.29) is 5.75 Å². The maximum atomic E-state index is 12.3. The predicted octanol–water partition coefficient (Wildman–Crippen LogP) is 4.25. The molecule has 0 radical (unpaired) electrons. The first-order valence-electron chi connectivity index (χ1n) is 6.98. The second kappa shape index (κ2) is 7.85. The van der Waals surface area contributed by atoms with Gasteiger partial charge < -0.3 is 0 Å². The summed E-state index contributed by atoms with van der Waals surface area (Å²) in [5.41, 5.74) is 1.99. The van der Waals surface area contributed by atoms with Crippen LogP contribution >= 0.6 is 0 Å². The van der Waals surface area contributed by atoms with Crippen LogP contribution < -0.4 is 0 Å². The van der Waals surface area contributed by atoms with Crippen LogP contribution in [0.3, 0.4) is 0 Å². The van der Waals surface area contributed by atoms with Crippen LogP contribution in [0.25, 0.3) is 0 Å². The van der Waals surface area contributed by atoms with Crippen LogP contribution in [0.5, 0.6) is 0 Å². The lowest BCUT2D eigenvalue weighted by molar-refractivity contribution is 0.595. The van der Waals surface area contributed by atoms with E-state index in [0.717, 1.165) is 17.5 Å². The summed E-state index contributed by atoms with van der Waals surface area (Å²) in [4.78, 5) is 0.385. The van der Waals surface area contributed by atoms with Crippen LogP contribution in [0.15, 0.2) is 59.5 Å². The molecule has 108 valence electrons. The Morgan fingerprint density at radius 2 is 1.30 bits per heavy atom. The average Bonchev–Trinajstić information content (AvgIpc) is 2.50. The van der Waals surface area contributed by atoms with Gasteiger partial charge in [-0.15, -0.1) is 0 Å². The van der Waals surface area contributed by atoms with Gasteiger partial charge in [0.05, 0.1) is 10.6 Å². The lowest BCUT2D eigenvalue weighted by Crippen LogP contribution is -2.06. The molecule has 0 amide bonds. The third-order valence-electron chi connectivity index (χ3n) is 2.95. The smallest absolute Gasteiger partial charge is 0.182 e. The largest absolute Gasteiger partial charge is 0.223 e. The first-order chi connectivity index (χ1) is 9.63. The molecule has 0 aliphatic carbocycles. The van der Waals surface area contributed by atoms with E-state index >= 15 is 0 Å². The zero-order valence-electron chi connectivity index (χ0n) is 12.3. The maximum absolute atomic E-state index is 12.3. The minimum Gasteiger partial charge on any atom is -0.223 e. The van der Waals surface area contributed by atoms with E-state index in [4.69, 9.17) is 0 Å². The molecule has 3 heteroatoms. The molecule has 2 aromatic carbocycles. The van der Waals surface area contributed by atoms with Crippen LogP contribution in [-0.2, 0) is 22.0 Å². The third kappa shape index (κ3) is 4.20. The van der Waals surface area contributed by atoms with E-state index in [2.05, 4.69) is 0 Å². The zero-order valence-corrected chi connectivity index (χ0v) is 13.2. The predicted molar refractivity (Wildman–Crippen MR) is 84.5 cm³/mol. The molecule has 0 aromatic heterocycles. The lowest BCUT2D eigenvalue weighted by Gasteiger charge is -2.08. The van der Waals surface area contributed by atoms with Crippen LogP contribution in [0, 0.1) is 0 Å². The summed E-state index contributed by atoms with van der Waals surface area (Å²) in [6.07, 6.45) is 0.848. The standard InChI is InChI=1S/C15H16O2S.C2H6/c1-2-13-8-6-7-9-14(13)12-18(16,17)15-10-4-3-5-11-15;1-2/h3-11H,2,12H2,1H3;1-2H3. The summed E-state index contributed by atoms with van der Waals surface area (Å²) < 4.78 is 24.5. The Labute approximate surface area is 122 Å². The second-order valence-corrected chi connectivity index (χ2v) is 6.18. The summed E-state index contributed by atoms with van der Waals surface area (Å²) in [6, 6.07) is 16.3. The Morgan fingerprint density at radius 3 is 1.85 bits per heavy atom. The van der Waals surface area contributed by atoms with E-state index in [1.165, 1.54) is 0 Å². The molecule has 0 N–H and O–H groups in total. The third-order valence-corrected chi connectivity index (χ3v) is 4.63. The summed E-state index contributed by atoms with van der Waals surface area (Å²) in [6.45, 7) is 6.04. The summed E-state index contributed by atoms with van der Waals surface area (Å²) >= 11 is 0. The average molecular weight is 290 g/mol. The summed E-state index contributed by atoms with van der Waals surface area (Å²) in [5.74, 6) is 0.0705. The number of rotatable bonds is 4. The molecule has 0 fully saturated rings. The van der Waals surface area contributed by atoms with Gasteiger partial charge in [-0.1, -0.05) is 63.2 Å². The van der Waals surface area contributed by atoms with Crippen LogP contribution in [-0.4, -0.2) is 8.42 Å². The van der Waals surface area contributed by atoms with E-state index < -0.39 is 9.84 Å². The fourth-order valence-electron chi connectivity index (χ4n) is 1.96. The highest BCUT2D eigenvalue weighted by molar-refractivity contribution is 7.90. The Balaban J connectivity index is 0.000000956. The van der Waals surface area contributed by atoms with Crippen molar-refractivity contribution in [2.75, 3.05) is 0 Å². The first kappa shape index (κ1) is 16.4. The van der Waals surface area contributed by atoms with Crippen LogP contribution in [0.4, 0.5) is 0 Å². The number of hydrogen-bond acceptors (Lipinski definition) is 2. The minimum absolute atomic E-state index is 0.0705. The highest BCUT2D eigenvalue weighted by atomic mass is 32.2. The molecule has 0 saturated carbocycles. The van der Waals surface area contributed by atoms with Crippen molar-refractivity contribution in [1.82, 2.24) is 0 Å². The van der Waals surface area contributed by atoms with Crippen molar-refractivity contribution in [2.24, 2.45) is 0 Å². The molecular weight excluding hydrogens is 268 g/mol. The molecule has 0 aliphatic heterocycles. The maximum Gasteiger partial charge on any atom is 0.182 e. The Bertz CT molecular complexity index is 616. The molecule has 20 heavy (non-hydrogen) atoms. The number of benzene rings is 2. The number of sulfone groups is 1. The molecule has 2 nitrogen and oxygen atoms in total. The van der Waals surface area contributed by atoms with Gasteiger partial charge in [0.2, 0.25) is 0 Å². The van der Waals surface area contributed by atoms with E-state index in [1.807, 2.05) is 51.1 Å². The van der Waals surface area contributed by atoms with Crippen molar-refractivity contribution in [3.8, 4) is 0 Å². The van der Waals surface area contributed by atoms with Crippen molar-refractivity contribution in [1.29, 1.82) is 0 Å². The normalized spacial score (nSPS) is 10.6. The van der Waals surface area contributed by atoms with Gasteiger partial charge in [-0.25, -0.2) is 8.42 Å². The molecule has 0 atom stereocenters. The monoisotopic (exact) mass is 290 g/mol. The van der Waals surface area contributed by atoms with Gasteiger partial charge >= 0.3 is 0 Å². The van der Waals surface area contributed by atoms with Crippen molar-refractivity contribution >= 4 is 9.84 Å². The van der Waals surface area contributed by atoms with Crippen molar-refractivity contribution in [2.45, 2.75) is 37.8 Å².